The first-order valence-electron chi connectivity index (χ1n) is 5.37. The van der Waals surface area contributed by atoms with E-state index >= 15 is 0 Å². The predicted molar refractivity (Wildman–Crippen MR) is 64.2 cm³/mol. The number of carbonyl (C=O) groups excluding carboxylic acids is 1. The summed E-state index contributed by atoms with van der Waals surface area (Å²) in [4.78, 5) is 16.2. The zero-order valence-electron chi connectivity index (χ0n) is 9.72. The summed E-state index contributed by atoms with van der Waals surface area (Å²) in [5, 5.41) is 4.48. The zero-order valence-corrected chi connectivity index (χ0v) is 10.5. The Balaban J connectivity index is 2.43. The van der Waals surface area contributed by atoms with E-state index in [0.717, 1.165) is 6.42 Å². The van der Waals surface area contributed by atoms with Gasteiger partial charge in [0.25, 0.3) is 0 Å². The van der Waals surface area contributed by atoms with Crippen molar-refractivity contribution in [3.63, 3.8) is 0 Å². The van der Waals surface area contributed by atoms with E-state index in [1.54, 1.807) is 22.6 Å². The van der Waals surface area contributed by atoms with Crippen molar-refractivity contribution in [3.8, 4) is 0 Å². The van der Waals surface area contributed by atoms with Crippen LogP contribution in [0, 0.1) is 0 Å². The van der Waals surface area contributed by atoms with Crippen LogP contribution >= 0.6 is 11.6 Å². The van der Waals surface area contributed by atoms with E-state index in [0.29, 0.717) is 23.0 Å². The summed E-state index contributed by atoms with van der Waals surface area (Å²) in [5.74, 6) is -0.152. The molecule has 0 spiro atoms. The number of hydrogen-bond donors (Lipinski definition) is 0. The summed E-state index contributed by atoms with van der Waals surface area (Å²) in [6.45, 7) is 2.69. The van der Waals surface area contributed by atoms with Crippen LogP contribution in [0.15, 0.2) is 18.7 Å². The Labute approximate surface area is 104 Å². The van der Waals surface area contributed by atoms with Gasteiger partial charge in [0.1, 0.15) is 11.4 Å². The highest BCUT2D eigenvalue weighted by molar-refractivity contribution is 6.34. The maximum Gasteiger partial charge on any atom is 0.230 e. The highest BCUT2D eigenvalue weighted by atomic mass is 35.5. The molecule has 0 fully saturated rings. The molecule has 0 atom stereocenters. The van der Waals surface area contributed by atoms with Crippen LogP contribution in [0.5, 0.6) is 0 Å². The van der Waals surface area contributed by atoms with Crippen molar-refractivity contribution in [3.05, 3.63) is 35.1 Å². The first-order chi connectivity index (χ1) is 8.15. The standard InChI is InChI=1S/C11H13ClN4O/c1-3-4-16-10(8(12)5-14-16)11(17)9-6-13-7-15(9)2/h5-7H,3-4H2,1-2H3. The van der Waals surface area contributed by atoms with E-state index in [-0.39, 0.29) is 5.78 Å². The maximum atomic E-state index is 12.3. The molecule has 0 aliphatic heterocycles. The number of nitrogens with zero attached hydrogens (tertiary/aromatic N) is 4. The summed E-state index contributed by atoms with van der Waals surface area (Å²) in [5.41, 5.74) is 0.932. The van der Waals surface area contributed by atoms with Crippen molar-refractivity contribution >= 4 is 17.4 Å². The molecule has 5 nitrogen and oxygen atoms in total. The fourth-order valence-electron chi connectivity index (χ4n) is 1.67. The molecule has 0 amide bonds. The second-order valence-electron chi connectivity index (χ2n) is 3.78. The third kappa shape index (κ3) is 2.10. The van der Waals surface area contributed by atoms with Crippen molar-refractivity contribution in [2.75, 3.05) is 0 Å². The smallest absolute Gasteiger partial charge is 0.230 e. The molecule has 2 heterocycles. The van der Waals surface area contributed by atoms with Gasteiger partial charge >= 0.3 is 0 Å². The minimum absolute atomic E-state index is 0.152. The van der Waals surface area contributed by atoms with Gasteiger partial charge in [0.05, 0.1) is 23.7 Å². The van der Waals surface area contributed by atoms with Crippen LogP contribution in [0.4, 0.5) is 0 Å². The van der Waals surface area contributed by atoms with Crippen LogP contribution in [0.2, 0.25) is 5.02 Å². The van der Waals surface area contributed by atoms with Gasteiger partial charge in [-0.05, 0) is 6.42 Å². The summed E-state index contributed by atoms with van der Waals surface area (Å²) in [6.07, 6.45) is 5.51. The van der Waals surface area contributed by atoms with Gasteiger partial charge in [-0.3, -0.25) is 9.48 Å². The minimum Gasteiger partial charge on any atom is -0.331 e. The number of halogens is 1. The average Bonchev–Trinajstić information content (AvgIpc) is 2.86. The van der Waals surface area contributed by atoms with Gasteiger partial charge in [-0.2, -0.15) is 5.10 Å². The SMILES string of the molecule is CCCn1ncc(Cl)c1C(=O)c1cncn1C. The van der Waals surface area contributed by atoms with Crippen LogP contribution in [-0.4, -0.2) is 25.1 Å². The van der Waals surface area contributed by atoms with E-state index in [1.807, 2.05) is 6.92 Å². The molecule has 0 unspecified atom stereocenters. The Kier molecular flexibility index (Phi) is 3.28. The fraction of sp³-hybridized carbons (Fsp3) is 0.364. The molecule has 0 aliphatic rings. The number of hydrogen-bond acceptors (Lipinski definition) is 3. The largest absolute Gasteiger partial charge is 0.331 e. The summed E-state index contributed by atoms with van der Waals surface area (Å²) < 4.78 is 3.31. The van der Waals surface area contributed by atoms with E-state index in [2.05, 4.69) is 10.1 Å². The van der Waals surface area contributed by atoms with Crippen LogP contribution in [0.3, 0.4) is 0 Å². The monoisotopic (exact) mass is 252 g/mol. The van der Waals surface area contributed by atoms with Crippen molar-refractivity contribution in [1.29, 1.82) is 0 Å². The molecule has 90 valence electrons. The first kappa shape index (κ1) is 11.9. The van der Waals surface area contributed by atoms with Gasteiger partial charge in [-0.25, -0.2) is 4.98 Å². The Morgan fingerprint density at radius 2 is 2.24 bits per heavy atom. The predicted octanol–water partition coefficient (Wildman–Crippen LogP) is 1.91. The molecule has 0 N–H and O–H groups in total. The molecule has 0 bridgehead atoms. The third-order valence-corrected chi connectivity index (χ3v) is 2.77. The summed E-state index contributed by atoms with van der Waals surface area (Å²) in [7, 11) is 1.77. The molecular formula is C11H13ClN4O. The fourth-order valence-corrected chi connectivity index (χ4v) is 1.89. The number of aromatic nitrogens is 4. The number of carbonyl (C=O) groups is 1. The van der Waals surface area contributed by atoms with E-state index < -0.39 is 0 Å². The Morgan fingerprint density at radius 3 is 2.82 bits per heavy atom. The van der Waals surface area contributed by atoms with Gasteiger partial charge < -0.3 is 4.57 Å². The topological polar surface area (TPSA) is 52.7 Å². The van der Waals surface area contributed by atoms with Gasteiger partial charge in [-0.1, -0.05) is 18.5 Å². The lowest BCUT2D eigenvalue weighted by atomic mass is 10.2. The molecule has 2 aromatic heterocycles. The lowest BCUT2D eigenvalue weighted by Gasteiger charge is -2.06. The molecular weight excluding hydrogens is 240 g/mol. The van der Waals surface area contributed by atoms with E-state index in [1.165, 1.54) is 12.4 Å². The lowest BCUT2D eigenvalue weighted by molar-refractivity contribution is 0.102. The molecule has 6 heteroatoms. The van der Waals surface area contributed by atoms with Crippen molar-refractivity contribution < 1.29 is 4.79 Å². The Bertz CT molecular complexity index is 543. The number of imidazole rings is 1. The third-order valence-electron chi connectivity index (χ3n) is 2.49. The second-order valence-corrected chi connectivity index (χ2v) is 4.19. The van der Waals surface area contributed by atoms with Crippen molar-refractivity contribution in [2.24, 2.45) is 7.05 Å². The molecule has 0 radical (unpaired) electrons. The maximum absolute atomic E-state index is 12.3. The average molecular weight is 253 g/mol. The second kappa shape index (κ2) is 4.71. The number of rotatable bonds is 4. The van der Waals surface area contributed by atoms with Gasteiger partial charge in [0, 0.05) is 13.6 Å². The molecule has 0 aliphatic carbocycles. The zero-order chi connectivity index (χ0) is 12.4. The number of ketones is 1. The molecule has 0 saturated heterocycles. The quantitative estimate of drug-likeness (QED) is 0.781. The van der Waals surface area contributed by atoms with Crippen molar-refractivity contribution in [2.45, 2.75) is 19.9 Å². The first-order valence-corrected chi connectivity index (χ1v) is 5.75. The van der Waals surface area contributed by atoms with Crippen LogP contribution in [0.25, 0.3) is 0 Å². The normalized spacial score (nSPS) is 10.8. The van der Waals surface area contributed by atoms with Crippen molar-refractivity contribution in [1.82, 2.24) is 19.3 Å². The lowest BCUT2D eigenvalue weighted by Crippen LogP contribution is -2.14. The molecule has 17 heavy (non-hydrogen) atoms. The summed E-state index contributed by atoms with van der Waals surface area (Å²) >= 11 is 6.01. The van der Waals surface area contributed by atoms with Crippen LogP contribution < -0.4 is 0 Å². The van der Waals surface area contributed by atoms with E-state index in [9.17, 15) is 4.79 Å². The minimum atomic E-state index is -0.152. The highest BCUT2D eigenvalue weighted by Gasteiger charge is 2.21. The Hall–Kier alpha value is -1.62. The molecule has 2 rings (SSSR count). The number of aryl methyl sites for hydroxylation is 2. The van der Waals surface area contributed by atoms with Gasteiger partial charge in [0.15, 0.2) is 0 Å². The molecule has 2 aromatic rings. The summed E-state index contributed by atoms with van der Waals surface area (Å²) in [6, 6.07) is 0. The van der Waals surface area contributed by atoms with Crippen LogP contribution in [-0.2, 0) is 13.6 Å². The van der Waals surface area contributed by atoms with Crippen LogP contribution in [0.1, 0.15) is 29.5 Å². The van der Waals surface area contributed by atoms with E-state index in [4.69, 9.17) is 11.6 Å². The highest BCUT2D eigenvalue weighted by Crippen LogP contribution is 2.19. The molecule has 0 aromatic carbocycles. The Morgan fingerprint density at radius 1 is 1.47 bits per heavy atom. The molecule has 0 saturated carbocycles. The van der Waals surface area contributed by atoms with Gasteiger partial charge in [-0.15, -0.1) is 0 Å². The van der Waals surface area contributed by atoms with Gasteiger partial charge in [0.2, 0.25) is 5.78 Å².